The van der Waals surface area contributed by atoms with Crippen molar-refractivity contribution in [1.29, 1.82) is 0 Å². The van der Waals surface area contributed by atoms with Crippen molar-refractivity contribution in [2.45, 2.75) is 38.1 Å². The van der Waals surface area contributed by atoms with Crippen LogP contribution in [0, 0.1) is 0 Å². The van der Waals surface area contributed by atoms with E-state index in [1.165, 1.54) is 43.3 Å². The minimum atomic E-state index is -4.51. The Morgan fingerprint density at radius 2 is 1.78 bits per heavy atom. The fraction of sp³-hybridized carbons (Fsp3) is 0.318. The number of anilines is 1. The Balaban J connectivity index is 1.47. The van der Waals surface area contributed by atoms with Gasteiger partial charge >= 0.3 is 12.1 Å². The molecule has 0 aliphatic heterocycles. The second kappa shape index (κ2) is 9.71. The van der Waals surface area contributed by atoms with E-state index in [2.05, 4.69) is 10.6 Å². The smallest absolute Gasteiger partial charge is 0.416 e. The summed E-state index contributed by atoms with van der Waals surface area (Å²) in [7, 11) is 0. The Bertz CT molecular complexity index is 988. The van der Waals surface area contributed by atoms with Crippen LogP contribution in [-0.4, -0.2) is 36.5 Å². The second-order valence-corrected chi connectivity index (χ2v) is 7.27. The molecule has 2 N–H and O–H groups in total. The van der Waals surface area contributed by atoms with E-state index >= 15 is 0 Å². The molecule has 1 unspecified atom stereocenters. The van der Waals surface area contributed by atoms with Gasteiger partial charge in [-0.1, -0.05) is 6.07 Å². The van der Waals surface area contributed by atoms with Gasteiger partial charge in [-0.25, -0.2) is 4.79 Å². The third kappa shape index (κ3) is 6.73. The number of benzene rings is 2. The lowest BCUT2D eigenvalue weighted by molar-refractivity contribution is -0.137. The number of halogens is 3. The molecule has 170 valence electrons. The van der Waals surface area contributed by atoms with Gasteiger partial charge in [0.15, 0.2) is 12.7 Å². The molecule has 0 spiro atoms. The molecular formula is C22H21F3N2O5. The number of esters is 1. The topological polar surface area (TPSA) is 93.7 Å². The van der Waals surface area contributed by atoms with Crippen LogP contribution in [-0.2, 0) is 20.5 Å². The van der Waals surface area contributed by atoms with Crippen LogP contribution >= 0.6 is 0 Å². The maximum atomic E-state index is 12.7. The number of amides is 2. The van der Waals surface area contributed by atoms with Crippen LogP contribution in [0.25, 0.3) is 0 Å². The van der Waals surface area contributed by atoms with Crippen molar-refractivity contribution in [1.82, 2.24) is 5.32 Å². The standard InChI is InChI=1S/C22H21F3N2O5/c1-13(20(29)27-16-7-8-16)32-21(30)14-5-9-18(10-6-14)31-12-19(28)26-17-4-2-3-15(11-17)22(23,24)25/h2-6,9-11,13,16H,7-8,12H2,1H3,(H,26,28)(H,27,29). The molecule has 0 bridgehead atoms. The largest absolute Gasteiger partial charge is 0.484 e. The monoisotopic (exact) mass is 450 g/mol. The number of carbonyl (C=O) groups is 3. The quantitative estimate of drug-likeness (QED) is 0.600. The number of nitrogens with one attached hydrogen (secondary N) is 2. The molecule has 2 amide bonds. The van der Waals surface area contributed by atoms with Gasteiger partial charge in [0.2, 0.25) is 0 Å². The van der Waals surface area contributed by atoms with Crippen molar-refractivity contribution >= 4 is 23.5 Å². The van der Waals surface area contributed by atoms with Crippen LogP contribution in [0.15, 0.2) is 48.5 Å². The van der Waals surface area contributed by atoms with Crippen LogP contribution in [0.4, 0.5) is 18.9 Å². The maximum absolute atomic E-state index is 12.7. The molecule has 32 heavy (non-hydrogen) atoms. The summed E-state index contributed by atoms with van der Waals surface area (Å²) >= 11 is 0. The minimum absolute atomic E-state index is 0.00800. The molecule has 1 aliphatic carbocycles. The highest BCUT2D eigenvalue weighted by atomic mass is 19.4. The predicted octanol–water partition coefficient (Wildman–Crippen LogP) is 3.55. The van der Waals surface area contributed by atoms with Crippen molar-refractivity contribution in [2.75, 3.05) is 11.9 Å². The fourth-order valence-electron chi connectivity index (χ4n) is 2.63. The molecule has 0 heterocycles. The number of hydrogen-bond donors (Lipinski definition) is 2. The zero-order valence-corrected chi connectivity index (χ0v) is 17.1. The van der Waals surface area contributed by atoms with Gasteiger partial charge < -0.3 is 20.1 Å². The Morgan fingerprint density at radius 1 is 1.09 bits per heavy atom. The van der Waals surface area contributed by atoms with E-state index in [1.54, 1.807) is 0 Å². The molecule has 1 aliphatic rings. The zero-order chi connectivity index (χ0) is 23.3. The van der Waals surface area contributed by atoms with Gasteiger partial charge in [-0.15, -0.1) is 0 Å². The lowest BCUT2D eigenvalue weighted by Gasteiger charge is -2.13. The average molecular weight is 450 g/mol. The van der Waals surface area contributed by atoms with Gasteiger partial charge in [0, 0.05) is 11.7 Å². The molecule has 10 heteroatoms. The summed E-state index contributed by atoms with van der Waals surface area (Å²) in [5, 5.41) is 5.07. The number of carbonyl (C=O) groups excluding carboxylic acids is 3. The summed E-state index contributed by atoms with van der Waals surface area (Å²) in [5.41, 5.74) is -0.693. The third-order valence-corrected chi connectivity index (χ3v) is 4.51. The molecule has 7 nitrogen and oxygen atoms in total. The molecule has 0 aromatic heterocycles. The Morgan fingerprint density at radius 3 is 2.41 bits per heavy atom. The number of ether oxygens (including phenoxy) is 2. The number of rotatable bonds is 8. The summed E-state index contributed by atoms with van der Waals surface area (Å²) in [6.45, 7) is 1.04. The predicted molar refractivity (Wildman–Crippen MR) is 108 cm³/mol. The molecule has 0 radical (unpaired) electrons. The summed E-state index contributed by atoms with van der Waals surface area (Å²) < 4.78 is 48.6. The van der Waals surface area contributed by atoms with E-state index in [9.17, 15) is 27.6 Å². The lowest BCUT2D eigenvalue weighted by Crippen LogP contribution is -2.37. The van der Waals surface area contributed by atoms with Gasteiger partial charge in [0.25, 0.3) is 11.8 Å². The van der Waals surface area contributed by atoms with Crippen molar-refractivity contribution in [3.05, 3.63) is 59.7 Å². The van der Waals surface area contributed by atoms with Crippen molar-refractivity contribution < 1.29 is 37.0 Å². The first-order valence-corrected chi connectivity index (χ1v) is 9.83. The molecule has 2 aromatic rings. The van der Waals surface area contributed by atoms with Crippen LogP contribution in [0.2, 0.25) is 0 Å². The zero-order valence-electron chi connectivity index (χ0n) is 17.1. The number of hydrogen-bond acceptors (Lipinski definition) is 5. The summed E-state index contributed by atoms with van der Waals surface area (Å²) in [5.74, 6) is -1.42. The number of alkyl halides is 3. The van der Waals surface area contributed by atoms with Crippen LogP contribution in [0.5, 0.6) is 5.75 Å². The molecule has 2 aromatic carbocycles. The summed E-state index contributed by atoms with van der Waals surface area (Å²) in [6.07, 6.45) is -3.60. The minimum Gasteiger partial charge on any atom is -0.484 e. The SMILES string of the molecule is CC(OC(=O)c1ccc(OCC(=O)Nc2cccc(C(F)(F)F)c2)cc1)C(=O)NC1CC1. The molecule has 3 rings (SSSR count). The first-order valence-electron chi connectivity index (χ1n) is 9.83. The van der Waals surface area contributed by atoms with E-state index in [1.807, 2.05) is 0 Å². The van der Waals surface area contributed by atoms with Gasteiger partial charge in [0.1, 0.15) is 5.75 Å². The fourth-order valence-corrected chi connectivity index (χ4v) is 2.63. The highest BCUT2D eigenvalue weighted by Gasteiger charge is 2.30. The molecule has 1 atom stereocenters. The molecule has 1 fully saturated rings. The second-order valence-electron chi connectivity index (χ2n) is 7.27. The van der Waals surface area contributed by atoms with Gasteiger partial charge in [-0.05, 0) is 62.2 Å². The van der Waals surface area contributed by atoms with Crippen LogP contribution < -0.4 is 15.4 Å². The lowest BCUT2D eigenvalue weighted by atomic mass is 10.2. The van der Waals surface area contributed by atoms with E-state index in [0.717, 1.165) is 25.0 Å². The maximum Gasteiger partial charge on any atom is 0.416 e. The van der Waals surface area contributed by atoms with E-state index in [-0.39, 0.29) is 28.9 Å². The van der Waals surface area contributed by atoms with Gasteiger partial charge in [-0.2, -0.15) is 13.2 Å². The van der Waals surface area contributed by atoms with Crippen LogP contribution in [0.1, 0.15) is 35.7 Å². The van der Waals surface area contributed by atoms with Crippen molar-refractivity contribution in [3.63, 3.8) is 0 Å². The summed E-state index contributed by atoms with van der Waals surface area (Å²) in [6, 6.07) is 10.1. The normalized spacial score (nSPS) is 14.2. The Labute approximate surface area is 181 Å². The Hall–Kier alpha value is -3.56. The Kier molecular flexibility index (Phi) is 7.01. The van der Waals surface area contributed by atoms with E-state index < -0.39 is 36.3 Å². The summed E-state index contributed by atoms with van der Waals surface area (Å²) in [4.78, 5) is 36.0. The first-order chi connectivity index (χ1) is 15.1. The average Bonchev–Trinajstić information content (AvgIpc) is 3.56. The first kappa shape index (κ1) is 23.1. The molecule has 0 saturated heterocycles. The van der Waals surface area contributed by atoms with E-state index in [4.69, 9.17) is 9.47 Å². The highest BCUT2D eigenvalue weighted by molar-refractivity contribution is 5.93. The molecule has 1 saturated carbocycles. The third-order valence-electron chi connectivity index (χ3n) is 4.51. The highest BCUT2D eigenvalue weighted by Crippen LogP contribution is 2.30. The van der Waals surface area contributed by atoms with Crippen molar-refractivity contribution in [2.24, 2.45) is 0 Å². The molecular weight excluding hydrogens is 429 g/mol. The van der Waals surface area contributed by atoms with Crippen LogP contribution in [0.3, 0.4) is 0 Å². The van der Waals surface area contributed by atoms with Crippen molar-refractivity contribution in [3.8, 4) is 5.75 Å². The van der Waals surface area contributed by atoms with E-state index in [0.29, 0.717) is 0 Å². The van der Waals surface area contributed by atoms with Gasteiger partial charge in [-0.3, -0.25) is 9.59 Å². The van der Waals surface area contributed by atoms with Gasteiger partial charge in [0.05, 0.1) is 11.1 Å².